The van der Waals surface area contributed by atoms with E-state index in [1.54, 1.807) is 6.20 Å². The molecule has 3 heterocycles. The number of nitrogens with zero attached hydrogens (tertiary/aromatic N) is 4. The van der Waals surface area contributed by atoms with Crippen molar-refractivity contribution in [3.8, 4) is 11.5 Å². The van der Waals surface area contributed by atoms with Crippen molar-refractivity contribution in [2.45, 2.75) is 26.2 Å². The molecule has 0 spiro atoms. The predicted octanol–water partition coefficient (Wildman–Crippen LogP) is 2.34. The SMILES string of the molecule is Cc1noc(-c2cccnc2NCCN2CCCCC2)n1. The largest absolute Gasteiger partial charge is 0.368 e. The van der Waals surface area contributed by atoms with Crippen molar-refractivity contribution in [3.63, 3.8) is 0 Å². The normalized spacial score (nSPS) is 16.0. The molecule has 0 bridgehead atoms. The van der Waals surface area contributed by atoms with E-state index in [1.807, 2.05) is 19.1 Å². The first-order valence-corrected chi connectivity index (χ1v) is 7.55. The molecule has 112 valence electrons. The molecule has 0 saturated carbocycles. The van der Waals surface area contributed by atoms with Gasteiger partial charge in [-0.1, -0.05) is 11.6 Å². The zero-order valence-electron chi connectivity index (χ0n) is 12.4. The number of rotatable bonds is 5. The van der Waals surface area contributed by atoms with E-state index >= 15 is 0 Å². The molecule has 0 aliphatic carbocycles. The number of hydrogen-bond donors (Lipinski definition) is 1. The minimum atomic E-state index is 0.515. The minimum Gasteiger partial charge on any atom is -0.368 e. The zero-order chi connectivity index (χ0) is 14.5. The van der Waals surface area contributed by atoms with Crippen molar-refractivity contribution in [2.75, 3.05) is 31.5 Å². The second-order valence-electron chi connectivity index (χ2n) is 5.38. The van der Waals surface area contributed by atoms with Crippen molar-refractivity contribution in [3.05, 3.63) is 24.2 Å². The summed E-state index contributed by atoms with van der Waals surface area (Å²) in [6, 6.07) is 3.83. The molecule has 2 aromatic heterocycles. The quantitative estimate of drug-likeness (QED) is 0.910. The fraction of sp³-hybridized carbons (Fsp3) is 0.533. The van der Waals surface area contributed by atoms with Crippen LogP contribution in [0.25, 0.3) is 11.5 Å². The third kappa shape index (κ3) is 3.58. The van der Waals surface area contributed by atoms with Crippen molar-refractivity contribution in [1.29, 1.82) is 0 Å². The molecular formula is C15H21N5O. The Morgan fingerprint density at radius 3 is 2.90 bits per heavy atom. The highest BCUT2D eigenvalue weighted by molar-refractivity contribution is 5.68. The molecule has 0 aromatic carbocycles. The number of nitrogens with one attached hydrogen (secondary N) is 1. The number of hydrogen-bond acceptors (Lipinski definition) is 6. The standard InChI is InChI=1S/C15H21N5O/c1-12-18-15(21-19-12)13-6-5-7-16-14(13)17-8-11-20-9-3-2-4-10-20/h5-7H,2-4,8-11H2,1H3,(H,16,17). The first kappa shape index (κ1) is 14.0. The molecule has 1 aliphatic rings. The Hall–Kier alpha value is -1.95. The number of likely N-dealkylation sites (tertiary alicyclic amines) is 1. The van der Waals surface area contributed by atoms with E-state index in [9.17, 15) is 0 Å². The lowest BCUT2D eigenvalue weighted by Crippen LogP contribution is -2.33. The van der Waals surface area contributed by atoms with Crippen LogP contribution in [0.15, 0.2) is 22.9 Å². The van der Waals surface area contributed by atoms with Crippen LogP contribution in [0, 0.1) is 6.92 Å². The molecule has 1 saturated heterocycles. The van der Waals surface area contributed by atoms with Crippen LogP contribution < -0.4 is 5.32 Å². The van der Waals surface area contributed by atoms with Gasteiger partial charge in [0.05, 0.1) is 5.56 Å². The fourth-order valence-corrected chi connectivity index (χ4v) is 2.64. The van der Waals surface area contributed by atoms with Gasteiger partial charge in [-0.2, -0.15) is 4.98 Å². The van der Waals surface area contributed by atoms with Gasteiger partial charge in [0.2, 0.25) is 0 Å². The van der Waals surface area contributed by atoms with Gasteiger partial charge in [-0.15, -0.1) is 0 Å². The second kappa shape index (κ2) is 6.67. The molecule has 6 nitrogen and oxygen atoms in total. The number of anilines is 1. The van der Waals surface area contributed by atoms with Crippen molar-refractivity contribution in [1.82, 2.24) is 20.0 Å². The van der Waals surface area contributed by atoms with Crippen LogP contribution in [0.4, 0.5) is 5.82 Å². The summed E-state index contributed by atoms with van der Waals surface area (Å²) < 4.78 is 5.24. The average Bonchev–Trinajstić information content (AvgIpc) is 2.95. The van der Waals surface area contributed by atoms with Gasteiger partial charge in [0.25, 0.3) is 5.89 Å². The van der Waals surface area contributed by atoms with Gasteiger partial charge in [-0.3, -0.25) is 0 Å². The maximum absolute atomic E-state index is 5.24. The number of aromatic nitrogens is 3. The summed E-state index contributed by atoms with van der Waals surface area (Å²) in [5.74, 6) is 1.95. The van der Waals surface area contributed by atoms with E-state index in [4.69, 9.17) is 4.52 Å². The molecule has 6 heteroatoms. The van der Waals surface area contributed by atoms with Crippen molar-refractivity contribution >= 4 is 5.82 Å². The van der Waals surface area contributed by atoms with Crippen LogP contribution in [0.1, 0.15) is 25.1 Å². The molecule has 0 atom stereocenters. The molecular weight excluding hydrogens is 266 g/mol. The Balaban J connectivity index is 1.62. The van der Waals surface area contributed by atoms with E-state index in [1.165, 1.54) is 32.4 Å². The van der Waals surface area contributed by atoms with Gasteiger partial charge in [-0.25, -0.2) is 4.98 Å². The first-order valence-electron chi connectivity index (χ1n) is 7.55. The molecule has 0 unspecified atom stereocenters. The van der Waals surface area contributed by atoms with Crippen LogP contribution in [0.3, 0.4) is 0 Å². The van der Waals surface area contributed by atoms with E-state index in [-0.39, 0.29) is 0 Å². The summed E-state index contributed by atoms with van der Waals surface area (Å²) in [6.45, 7) is 6.14. The topological polar surface area (TPSA) is 67.1 Å². The Morgan fingerprint density at radius 1 is 1.29 bits per heavy atom. The summed E-state index contributed by atoms with van der Waals surface area (Å²) in [5.41, 5.74) is 0.858. The Morgan fingerprint density at radius 2 is 2.14 bits per heavy atom. The van der Waals surface area contributed by atoms with Crippen LogP contribution >= 0.6 is 0 Å². The maximum Gasteiger partial charge on any atom is 0.261 e. The average molecular weight is 287 g/mol. The molecule has 2 aromatic rings. The Labute approximate surface area is 124 Å². The van der Waals surface area contributed by atoms with E-state index < -0.39 is 0 Å². The summed E-state index contributed by atoms with van der Waals surface area (Å²) >= 11 is 0. The van der Waals surface area contributed by atoms with Gasteiger partial charge in [0.15, 0.2) is 5.82 Å². The maximum atomic E-state index is 5.24. The lowest BCUT2D eigenvalue weighted by Gasteiger charge is -2.26. The smallest absolute Gasteiger partial charge is 0.261 e. The predicted molar refractivity (Wildman–Crippen MR) is 81.0 cm³/mol. The van der Waals surface area contributed by atoms with Gasteiger partial charge >= 0.3 is 0 Å². The number of piperidine rings is 1. The van der Waals surface area contributed by atoms with Gasteiger partial charge in [-0.05, 0) is 45.0 Å². The van der Waals surface area contributed by atoms with E-state index in [0.29, 0.717) is 11.7 Å². The molecule has 3 rings (SSSR count). The summed E-state index contributed by atoms with van der Waals surface area (Å²) in [5, 5.41) is 7.23. The molecule has 0 radical (unpaired) electrons. The number of pyridine rings is 1. The van der Waals surface area contributed by atoms with Gasteiger partial charge in [0, 0.05) is 19.3 Å². The van der Waals surface area contributed by atoms with Crippen LogP contribution in [0.5, 0.6) is 0 Å². The van der Waals surface area contributed by atoms with Gasteiger partial charge in [0.1, 0.15) is 5.82 Å². The molecule has 1 fully saturated rings. The minimum absolute atomic E-state index is 0.515. The molecule has 21 heavy (non-hydrogen) atoms. The third-order valence-corrected chi connectivity index (χ3v) is 3.73. The second-order valence-corrected chi connectivity index (χ2v) is 5.38. The van der Waals surface area contributed by atoms with Crippen molar-refractivity contribution in [2.24, 2.45) is 0 Å². The molecule has 1 N–H and O–H groups in total. The highest BCUT2D eigenvalue weighted by Crippen LogP contribution is 2.23. The fourth-order valence-electron chi connectivity index (χ4n) is 2.64. The monoisotopic (exact) mass is 287 g/mol. The Bertz CT molecular complexity index is 577. The van der Waals surface area contributed by atoms with E-state index in [2.05, 4.69) is 25.3 Å². The number of aryl methyl sites for hydroxylation is 1. The third-order valence-electron chi connectivity index (χ3n) is 3.73. The summed E-state index contributed by atoms with van der Waals surface area (Å²) in [7, 11) is 0. The summed E-state index contributed by atoms with van der Waals surface area (Å²) in [4.78, 5) is 11.2. The lowest BCUT2D eigenvalue weighted by molar-refractivity contribution is 0.237. The molecule has 1 aliphatic heterocycles. The first-order chi connectivity index (χ1) is 10.3. The van der Waals surface area contributed by atoms with Gasteiger partial charge < -0.3 is 14.7 Å². The van der Waals surface area contributed by atoms with Crippen LogP contribution in [-0.2, 0) is 0 Å². The van der Waals surface area contributed by atoms with Crippen molar-refractivity contribution < 1.29 is 4.52 Å². The lowest BCUT2D eigenvalue weighted by atomic mass is 10.1. The highest BCUT2D eigenvalue weighted by Gasteiger charge is 2.13. The summed E-state index contributed by atoms with van der Waals surface area (Å²) in [6.07, 6.45) is 5.77. The van der Waals surface area contributed by atoms with Crippen LogP contribution in [-0.4, -0.2) is 46.2 Å². The molecule has 0 amide bonds. The Kier molecular flexibility index (Phi) is 4.45. The highest BCUT2D eigenvalue weighted by atomic mass is 16.5. The van der Waals surface area contributed by atoms with Crippen LogP contribution in [0.2, 0.25) is 0 Å². The van der Waals surface area contributed by atoms with E-state index in [0.717, 1.165) is 24.5 Å². The zero-order valence-corrected chi connectivity index (χ0v) is 12.4.